The predicted molar refractivity (Wildman–Crippen MR) is 118 cm³/mol. The van der Waals surface area contributed by atoms with Crippen LogP contribution in [-0.2, 0) is 26.2 Å². The maximum absolute atomic E-state index is 12.8. The molecule has 0 unspecified atom stereocenters. The normalized spacial score (nSPS) is 12.3. The highest BCUT2D eigenvalue weighted by atomic mass is 35.5. The van der Waals surface area contributed by atoms with Crippen molar-refractivity contribution in [2.45, 2.75) is 16.0 Å². The highest BCUT2D eigenvalue weighted by Crippen LogP contribution is 2.31. The van der Waals surface area contributed by atoms with E-state index in [-0.39, 0.29) is 26.2 Å². The minimum absolute atomic E-state index is 0.0555. The number of benzene rings is 3. The van der Waals surface area contributed by atoms with Gasteiger partial charge in [0, 0.05) is 11.4 Å². The lowest BCUT2D eigenvalue weighted by atomic mass is 10.2. The Kier molecular flexibility index (Phi) is 6.82. The van der Waals surface area contributed by atoms with Gasteiger partial charge in [0.1, 0.15) is 5.75 Å². The summed E-state index contributed by atoms with van der Waals surface area (Å²) in [6.45, 7) is 0. The molecule has 0 saturated carbocycles. The van der Waals surface area contributed by atoms with Crippen molar-refractivity contribution >= 4 is 43.0 Å². The van der Waals surface area contributed by atoms with Crippen LogP contribution in [-0.4, -0.2) is 23.9 Å². The number of sulfonamides is 2. The molecule has 13 heteroatoms. The van der Waals surface area contributed by atoms with Gasteiger partial charge < -0.3 is 4.74 Å². The number of nitrogens with one attached hydrogen (secondary N) is 2. The van der Waals surface area contributed by atoms with Crippen LogP contribution in [0.5, 0.6) is 5.75 Å². The predicted octanol–water partition coefficient (Wildman–Crippen LogP) is 4.97. The minimum atomic E-state index is -4.63. The van der Waals surface area contributed by atoms with Crippen LogP contribution >= 0.6 is 11.6 Å². The average molecular weight is 521 g/mol. The van der Waals surface area contributed by atoms with Crippen molar-refractivity contribution in [2.24, 2.45) is 0 Å². The fourth-order valence-corrected chi connectivity index (χ4v) is 5.16. The maximum Gasteiger partial charge on any atom is 0.416 e. The van der Waals surface area contributed by atoms with Gasteiger partial charge in [0.15, 0.2) is 0 Å². The van der Waals surface area contributed by atoms with Gasteiger partial charge >= 0.3 is 6.18 Å². The Balaban J connectivity index is 1.79. The summed E-state index contributed by atoms with van der Waals surface area (Å²) in [4.78, 5) is -0.424. The quantitative estimate of drug-likeness (QED) is 0.458. The molecule has 0 fully saturated rings. The Morgan fingerprint density at radius 3 is 1.94 bits per heavy atom. The Bertz CT molecular complexity index is 1380. The zero-order chi connectivity index (χ0) is 24.4. The summed E-state index contributed by atoms with van der Waals surface area (Å²) in [6.07, 6.45) is -4.63. The fraction of sp³-hybridized carbons (Fsp3) is 0.100. The molecule has 0 saturated heterocycles. The molecule has 7 nitrogen and oxygen atoms in total. The number of halogens is 4. The number of anilines is 2. The van der Waals surface area contributed by atoms with Gasteiger partial charge in [-0.05, 0) is 60.7 Å². The fourth-order valence-electron chi connectivity index (χ4n) is 2.70. The summed E-state index contributed by atoms with van der Waals surface area (Å²) < 4.78 is 98.0. The van der Waals surface area contributed by atoms with Crippen LogP contribution in [0, 0.1) is 0 Å². The smallest absolute Gasteiger partial charge is 0.416 e. The molecule has 0 amide bonds. The molecule has 2 N–H and O–H groups in total. The SMILES string of the molecule is COc1ccc(S(=O)(=O)Nc2ccc(S(=O)(=O)Nc3cccc(C(F)(F)F)c3)cc2)cc1Cl. The van der Waals surface area contributed by atoms with E-state index >= 15 is 0 Å². The van der Waals surface area contributed by atoms with E-state index in [1.165, 1.54) is 43.5 Å². The molecule has 33 heavy (non-hydrogen) atoms. The molecule has 0 aromatic heterocycles. The molecular formula is C20H16ClF3N2O5S2. The lowest BCUT2D eigenvalue weighted by Crippen LogP contribution is -2.15. The van der Waals surface area contributed by atoms with Gasteiger partial charge in [0.2, 0.25) is 0 Å². The molecule has 0 bridgehead atoms. The first kappa shape index (κ1) is 24.7. The first-order valence-electron chi connectivity index (χ1n) is 8.98. The Labute approximate surface area is 193 Å². The Morgan fingerprint density at radius 1 is 0.788 bits per heavy atom. The summed E-state index contributed by atoms with van der Waals surface area (Å²) >= 11 is 5.96. The van der Waals surface area contributed by atoms with Crippen LogP contribution in [0.3, 0.4) is 0 Å². The van der Waals surface area contributed by atoms with Gasteiger partial charge in [-0.15, -0.1) is 0 Å². The van der Waals surface area contributed by atoms with Crippen LogP contribution in [0.15, 0.2) is 76.5 Å². The molecule has 0 atom stereocenters. The van der Waals surface area contributed by atoms with Gasteiger partial charge in [0.05, 0.1) is 27.5 Å². The van der Waals surface area contributed by atoms with Gasteiger partial charge in [0.25, 0.3) is 20.0 Å². The first-order chi connectivity index (χ1) is 15.3. The van der Waals surface area contributed by atoms with E-state index in [9.17, 15) is 30.0 Å². The summed E-state index contributed by atoms with van der Waals surface area (Å²) in [6, 6.07) is 12.2. The summed E-state index contributed by atoms with van der Waals surface area (Å²) in [5.74, 6) is 0.290. The number of hydrogen-bond acceptors (Lipinski definition) is 5. The molecule has 3 aromatic carbocycles. The largest absolute Gasteiger partial charge is 0.495 e. The van der Waals surface area contributed by atoms with E-state index in [2.05, 4.69) is 9.44 Å². The lowest BCUT2D eigenvalue weighted by Gasteiger charge is -2.12. The maximum atomic E-state index is 12.8. The van der Waals surface area contributed by atoms with Gasteiger partial charge in [-0.2, -0.15) is 13.2 Å². The molecular weight excluding hydrogens is 505 g/mol. The number of ether oxygens (including phenoxy) is 1. The summed E-state index contributed by atoms with van der Waals surface area (Å²) in [5.41, 5.74) is -1.22. The van der Waals surface area contributed by atoms with Gasteiger partial charge in [-0.25, -0.2) is 16.8 Å². The van der Waals surface area contributed by atoms with Crippen molar-refractivity contribution in [3.8, 4) is 5.75 Å². The highest BCUT2D eigenvalue weighted by molar-refractivity contribution is 7.93. The highest BCUT2D eigenvalue weighted by Gasteiger charge is 2.30. The number of alkyl halides is 3. The van der Waals surface area contributed by atoms with Crippen molar-refractivity contribution in [1.29, 1.82) is 0 Å². The molecule has 0 spiro atoms. The van der Waals surface area contributed by atoms with Crippen molar-refractivity contribution in [2.75, 3.05) is 16.6 Å². The van der Waals surface area contributed by atoms with Crippen molar-refractivity contribution < 1.29 is 34.7 Å². The topological polar surface area (TPSA) is 102 Å². The molecule has 3 aromatic rings. The van der Waals surface area contributed by atoms with E-state index in [1.54, 1.807) is 0 Å². The van der Waals surface area contributed by atoms with Crippen molar-refractivity contribution in [3.05, 3.63) is 77.3 Å². The monoisotopic (exact) mass is 520 g/mol. The zero-order valence-corrected chi connectivity index (χ0v) is 19.1. The van der Waals surface area contributed by atoms with Crippen LogP contribution in [0.4, 0.5) is 24.5 Å². The lowest BCUT2D eigenvalue weighted by molar-refractivity contribution is -0.137. The third kappa shape index (κ3) is 5.89. The second-order valence-corrected chi connectivity index (χ2v) is 10.4. The second-order valence-electron chi connectivity index (χ2n) is 6.61. The van der Waals surface area contributed by atoms with Crippen LogP contribution < -0.4 is 14.2 Å². The molecule has 176 valence electrons. The van der Waals surface area contributed by atoms with Crippen molar-refractivity contribution in [1.82, 2.24) is 0 Å². The van der Waals surface area contributed by atoms with Crippen LogP contribution in [0.25, 0.3) is 0 Å². The minimum Gasteiger partial charge on any atom is -0.495 e. The Hall–Kier alpha value is -2.96. The molecule has 0 aliphatic carbocycles. The standard InChI is InChI=1S/C20H16ClF3N2O5S2/c1-31-19-10-9-17(12-18(19)21)33(29,30)25-14-5-7-16(8-6-14)32(27,28)26-15-4-2-3-13(11-15)20(22,23)24/h2-12,25-26H,1H3. The van der Waals surface area contributed by atoms with Crippen LogP contribution in [0.1, 0.15) is 5.56 Å². The van der Waals surface area contributed by atoms with E-state index in [4.69, 9.17) is 16.3 Å². The van der Waals surface area contributed by atoms with Gasteiger partial charge in [-0.3, -0.25) is 9.44 Å². The zero-order valence-electron chi connectivity index (χ0n) is 16.7. The third-order valence-electron chi connectivity index (χ3n) is 4.29. The number of hydrogen-bond donors (Lipinski definition) is 2. The van der Waals surface area contributed by atoms with Crippen molar-refractivity contribution in [3.63, 3.8) is 0 Å². The molecule has 3 rings (SSSR count). The first-order valence-corrected chi connectivity index (χ1v) is 12.3. The van der Waals surface area contributed by atoms with E-state index < -0.39 is 31.8 Å². The molecule has 0 radical (unpaired) electrons. The van der Waals surface area contributed by atoms with E-state index in [0.717, 1.165) is 24.3 Å². The number of rotatable bonds is 7. The molecule has 0 aliphatic rings. The number of methoxy groups -OCH3 is 1. The van der Waals surface area contributed by atoms with E-state index in [1.807, 2.05) is 0 Å². The average Bonchev–Trinajstić information content (AvgIpc) is 2.73. The van der Waals surface area contributed by atoms with E-state index in [0.29, 0.717) is 11.8 Å². The second kappa shape index (κ2) is 9.12. The third-order valence-corrected chi connectivity index (χ3v) is 7.36. The van der Waals surface area contributed by atoms with Crippen LogP contribution in [0.2, 0.25) is 5.02 Å². The summed E-state index contributed by atoms with van der Waals surface area (Å²) in [7, 11) is -6.89. The molecule has 0 heterocycles. The van der Waals surface area contributed by atoms with Gasteiger partial charge in [-0.1, -0.05) is 17.7 Å². The summed E-state index contributed by atoms with van der Waals surface area (Å²) in [5, 5.41) is 0.0856. The molecule has 0 aliphatic heterocycles. The Morgan fingerprint density at radius 2 is 1.36 bits per heavy atom.